The van der Waals surface area contributed by atoms with Crippen LogP contribution >= 0.6 is 0 Å². The molecule has 0 saturated heterocycles. The molecule has 4 saturated carbocycles. The molecule has 0 radical (unpaired) electrons. The van der Waals surface area contributed by atoms with Crippen LogP contribution in [0.5, 0.6) is 0 Å². The van der Waals surface area contributed by atoms with E-state index >= 15 is 0 Å². The minimum atomic E-state index is -2.16. The highest BCUT2D eigenvalue weighted by molar-refractivity contribution is 7.79. The molecule has 2 aromatic carbocycles. The molecule has 20 nitrogen and oxygen atoms in total. The first-order chi connectivity index (χ1) is 38.1. The van der Waals surface area contributed by atoms with Crippen molar-refractivity contribution in [1.82, 2.24) is 36.5 Å². The maximum Gasteiger partial charge on any atom is 0.410 e. The fourth-order valence-electron chi connectivity index (χ4n) is 13.7. The summed E-state index contributed by atoms with van der Waals surface area (Å²) < 4.78 is 34.5. The van der Waals surface area contributed by atoms with Crippen molar-refractivity contribution in [2.45, 2.75) is 142 Å². The first kappa shape index (κ1) is 61.6. The van der Waals surface area contributed by atoms with E-state index < -0.39 is 52.7 Å². The number of carboxylic acids is 1. The normalized spacial score (nSPS) is 23.9. The number of rotatable bonds is 27. The fraction of sp³-hybridized carbons (Fsp3) is 0.610. The SMILES string of the molecule is CNC(=O)NCCC[C@H](NC(=O)C(NC)C(C)C)C(=O)Nc1ccc(COC(=O)N(CCOC23CC4CC(C)(CC(CNC(C)C(C=N)c5ccc(N6CCc7cccc(C)c7C6)nc5C(=O)O)(CC4C)C2)C3)CCS(=O)O)cc1. The Morgan fingerprint density at radius 1 is 0.988 bits per heavy atom. The van der Waals surface area contributed by atoms with Gasteiger partial charge in [0.2, 0.25) is 11.8 Å². The molecule has 5 aliphatic rings. The van der Waals surface area contributed by atoms with Gasteiger partial charge in [-0.25, -0.2) is 23.6 Å². The number of fused-ring (bicyclic) bond motifs is 2. The third-order valence-corrected chi connectivity index (χ3v) is 17.8. The number of aromatic nitrogens is 1. The maximum atomic E-state index is 13.7. The van der Waals surface area contributed by atoms with Gasteiger partial charge in [0.25, 0.3) is 0 Å². The number of hydrogen-bond acceptors (Lipinski definition) is 13. The lowest BCUT2D eigenvalue weighted by Gasteiger charge is -2.57. The number of pyridine rings is 1. The molecule has 9 N–H and O–H groups in total. The number of hydrogen-bond donors (Lipinski definition) is 9. The third-order valence-electron chi connectivity index (χ3n) is 17.2. The number of carbonyl (C=O) groups excluding carboxylic acids is 4. The molecule has 438 valence electrons. The zero-order valence-corrected chi connectivity index (χ0v) is 48.8. The summed E-state index contributed by atoms with van der Waals surface area (Å²) in [6.07, 6.45) is 7.83. The second-order valence-corrected chi connectivity index (χ2v) is 24.9. The number of aryl methyl sites for hydroxylation is 1. The minimum absolute atomic E-state index is 0.000221. The molecule has 2 heterocycles. The zero-order chi connectivity index (χ0) is 57.9. The number of ether oxygens (including phenoxy) is 2. The molecule has 0 spiro atoms. The summed E-state index contributed by atoms with van der Waals surface area (Å²) in [5.74, 6) is -1.14. The van der Waals surface area contributed by atoms with Gasteiger partial charge in [0.05, 0.1) is 24.0 Å². The Bertz CT molecular complexity index is 2710. The van der Waals surface area contributed by atoms with Crippen molar-refractivity contribution in [1.29, 1.82) is 5.41 Å². The number of nitrogens with one attached hydrogen (secondary N) is 7. The van der Waals surface area contributed by atoms with Crippen LogP contribution in [0.1, 0.15) is 130 Å². The summed E-state index contributed by atoms with van der Waals surface area (Å²) in [4.78, 5) is 73.3. The van der Waals surface area contributed by atoms with Gasteiger partial charge in [-0.3, -0.25) is 9.59 Å². The molecule has 4 aliphatic carbocycles. The van der Waals surface area contributed by atoms with Crippen molar-refractivity contribution in [3.8, 4) is 0 Å². The first-order valence-electron chi connectivity index (χ1n) is 28.4. The number of benzene rings is 2. The summed E-state index contributed by atoms with van der Waals surface area (Å²) in [5.41, 5.74) is 4.68. The lowest BCUT2D eigenvalue weighted by atomic mass is 9.53. The van der Waals surface area contributed by atoms with Crippen LogP contribution in [-0.4, -0.2) is 143 Å². The molecule has 4 fully saturated rings. The van der Waals surface area contributed by atoms with Crippen molar-refractivity contribution >= 4 is 58.7 Å². The number of anilines is 2. The van der Waals surface area contributed by atoms with Crippen molar-refractivity contribution in [3.05, 3.63) is 88.1 Å². The van der Waals surface area contributed by atoms with Crippen LogP contribution in [-0.2, 0) is 49.7 Å². The number of amides is 5. The molecule has 80 heavy (non-hydrogen) atoms. The van der Waals surface area contributed by atoms with Gasteiger partial charge < -0.3 is 66.2 Å². The molecule has 5 amide bonds. The maximum absolute atomic E-state index is 13.7. The van der Waals surface area contributed by atoms with E-state index in [9.17, 15) is 37.8 Å². The van der Waals surface area contributed by atoms with Gasteiger partial charge >= 0.3 is 18.1 Å². The predicted molar refractivity (Wildman–Crippen MR) is 309 cm³/mol. The van der Waals surface area contributed by atoms with Crippen molar-refractivity contribution in [3.63, 3.8) is 0 Å². The largest absolute Gasteiger partial charge is 0.477 e. The third kappa shape index (κ3) is 15.5. The summed E-state index contributed by atoms with van der Waals surface area (Å²) in [5, 5.41) is 36.9. The average Bonchev–Trinajstić information content (AvgIpc) is 3.64. The molecule has 21 heteroatoms. The molecule has 3 aromatic rings. The summed E-state index contributed by atoms with van der Waals surface area (Å²) in [6.45, 7) is 15.2. The monoisotopic (exact) mass is 1130 g/mol. The Morgan fingerprint density at radius 3 is 2.44 bits per heavy atom. The van der Waals surface area contributed by atoms with Crippen LogP contribution in [0.25, 0.3) is 0 Å². The van der Waals surface area contributed by atoms with Crippen LogP contribution in [0, 0.1) is 40.9 Å². The van der Waals surface area contributed by atoms with E-state index in [0.29, 0.717) is 60.5 Å². The lowest BCUT2D eigenvalue weighted by Crippen LogP contribution is -2.56. The standard InChI is InChI=1S/C59H86N10O10S/c1-37(2)50(61-7)53(71)66-48(13-10-21-63-55(74)62-8)52(70)65-44-16-14-41(15-17-44)32-78-56(75)68(24-26-80(76)77)23-25-79-59-29-43-28-57(6,34-59)33-58(35-59,27-39(43)4)36-64-40(5)46(30-60)45-18-19-49(67-51(45)54(72)73)69-22-20-42-12-9-11-38(3)47(42)31-69/h9,11-12,14-19,30,37,39-40,43,46,48,50,60-61,64H,10,13,20-29,31-36H2,1-8H3,(H,65,70)(H,66,71)(H,72,73)(H,76,77)(H2,62,63,74)/t39?,40?,43?,46?,48-,50?,57?,58?,59?/m0/s1. The number of nitrogens with zero attached hydrogens (tertiary/aromatic N) is 3. The molecule has 9 unspecified atom stereocenters. The molecule has 8 rings (SSSR count). The highest BCUT2D eigenvalue weighted by Crippen LogP contribution is 2.66. The molecule has 4 bridgehead atoms. The quantitative estimate of drug-likeness (QED) is 0.0212. The first-order valence-corrected chi connectivity index (χ1v) is 29.6. The van der Waals surface area contributed by atoms with Crippen molar-refractivity contribution in [2.75, 3.05) is 69.4 Å². The van der Waals surface area contributed by atoms with Gasteiger partial charge in [0, 0.05) is 70.2 Å². The van der Waals surface area contributed by atoms with Crippen molar-refractivity contribution in [2.24, 2.45) is 28.6 Å². The fourth-order valence-corrected chi connectivity index (χ4v) is 14.1. The van der Waals surface area contributed by atoms with Gasteiger partial charge in [0.15, 0.2) is 16.8 Å². The van der Waals surface area contributed by atoms with Crippen LogP contribution in [0.2, 0.25) is 0 Å². The molecule has 1 aliphatic heterocycles. The lowest BCUT2D eigenvalue weighted by molar-refractivity contribution is -0.167. The highest BCUT2D eigenvalue weighted by atomic mass is 32.2. The van der Waals surface area contributed by atoms with Gasteiger partial charge in [-0.2, -0.15) is 0 Å². The van der Waals surface area contributed by atoms with Gasteiger partial charge in [-0.05, 0) is 153 Å². The Morgan fingerprint density at radius 2 is 1.75 bits per heavy atom. The average molecular weight is 1130 g/mol. The number of likely N-dealkylation sites (N-methyl/N-ethyl adjacent to an activating group) is 1. The van der Waals surface area contributed by atoms with Crippen LogP contribution in [0.3, 0.4) is 0 Å². The van der Waals surface area contributed by atoms with Crippen LogP contribution in [0.15, 0.2) is 54.6 Å². The van der Waals surface area contributed by atoms with Gasteiger partial charge in [-0.1, -0.05) is 64.1 Å². The van der Waals surface area contributed by atoms with Gasteiger partial charge in [0.1, 0.15) is 18.5 Å². The Kier molecular flexibility index (Phi) is 20.9. The predicted octanol–water partition coefficient (Wildman–Crippen LogP) is 6.98. The topological polar surface area (TPSA) is 277 Å². The number of carboxylic acid groups (broad SMARTS) is 1. The highest BCUT2D eigenvalue weighted by Gasteiger charge is 2.61. The van der Waals surface area contributed by atoms with E-state index in [1.165, 1.54) is 34.9 Å². The van der Waals surface area contributed by atoms with E-state index in [-0.39, 0.29) is 78.9 Å². The second-order valence-electron chi connectivity index (χ2n) is 23.9. The zero-order valence-electron chi connectivity index (χ0n) is 48.0. The molecular weight excluding hydrogens is 1040 g/mol. The van der Waals surface area contributed by atoms with Crippen LogP contribution in [0.4, 0.5) is 21.1 Å². The number of aromatic carboxylic acids is 1. The number of urea groups is 1. The second kappa shape index (κ2) is 27.2. The summed E-state index contributed by atoms with van der Waals surface area (Å²) in [7, 11) is 3.20. The smallest absolute Gasteiger partial charge is 0.410 e. The van der Waals surface area contributed by atoms with Crippen molar-refractivity contribution < 1.29 is 47.3 Å². The number of carbonyl (C=O) groups is 5. The van der Waals surface area contributed by atoms with E-state index in [1.807, 2.05) is 32.9 Å². The summed E-state index contributed by atoms with van der Waals surface area (Å²) >= 11 is -2.16. The van der Waals surface area contributed by atoms with Gasteiger partial charge in [-0.15, -0.1) is 0 Å². The van der Waals surface area contributed by atoms with E-state index in [0.717, 1.165) is 51.5 Å². The molecular formula is C59H86N10O10S. The molecule has 1 aromatic heterocycles. The van der Waals surface area contributed by atoms with E-state index in [4.69, 9.17) is 19.9 Å². The van der Waals surface area contributed by atoms with E-state index in [2.05, 4.69) is 75.8 Å². The van der Waals surface area contributed by atoms with Crippen LogP contribution < -0.4 is 36.8 Å². The Labute approximate surface area is 474 Å². The molecule has 10 atom stereocenters. The Hall–Kier alpha value is -6.00. The summed E-state index contributed by atoms with van der Waals surface area (Å²) in [6, 6.07) is 14.8. The van der Waals surface area contributed by atoms with E-state index in [1.54, 1.807) is 31.3 Å². The minimum Gasteiger partial charge on any atom is -0.477 e. The Balaban J connectivity index is 0.967.